The molecule has 4 rings (SSSR count). The molecule has 2 heterocycles. The summed E-state index contributed by atoms with van der Waals surface area (Å²) in [5.74, 6) is 0.0425. The fraction of sp³-hybridized carbons (Fsp3) is 0.360. The van der Waals surface area contributed by atoms with Gasteiger partial charge < -0.3 is 20.5 Å². The van der Waals surface area contributed by atoms with E-state index in [1.165, 1.54) is 6.07 Å². The number of amides is 3. The third kappa shape index (κ3) is 5.60. The van der Waals surface area contributed by atoms with Gasteiger partial charge in [0.1, 0.15) is 5.82 Å². The van der Waals surface area contributed by atoms with E-state index in [2.05, 4.69) is 20.6 Å². The Balaban J connectivity index is 1.43. The second-order valence-electron chi connectivity index (χ2n) is 8.68. The SMILES string of the molecule is CNC(=O)CCC1CCCN1C(=O)c1ccc(C(=O)N[C@@H](C)c2nc3cc(Cl)ccc3[nH]2)cc1Cl. The van der Waals surface area contributed by atoms with Crippen molar-refractivity contribution in [2.45, 2.75) is 44.7 Å². The van der Waals surface area contributed by atoms with E-state index in [0.29, 0.717) is 41.4 Å². The predicted octanol–water partition coefficient (Wildman–Crippen LogP) is 4.49. The van der Waals surface area contributed by atoms with E-state index in [0.717, 1.165) is 23.9 Å². The lowest BCUT2D eigenvalue weighted by molar-refractivity contribution is -0.120. The molecule has 1 aliphatic heterocycles. The number of hydrogen-bond acceptors (Lipinski definition) is 4. The first-order valence-electron chi connectivity index (χ1n) is 11.5. The number of fused-ring (bicyclic) bond motifs is 1. The van der Waals surface area contributed by atoms with E-state index < -0.39 is 0 Å². The van der Waals surface area contributed by atoms with Crippen LogP contribution in [0.1, 0.15) is 65.2 Å². The minimum atomic E-state index is -0.389. The van der Waals surface area contributed by atoms with E-state index in [1.807, 2.05) is 13.0 Å². The molecule has 0 spiro atoms. The molecule has 1 unspecified atom stereocenters. The van der Waals surface area contributed by atoms with Crippen molar-refractivity contribution in [3.05, 3.63) is 63.4 Å². The van der Waals surface area contributed by atoms with Crippen molar-refractivity contribution in [3.63, 3.8) is 0 Å². The zero-order valence-corrected chi connectivity index (χ0v) is 21.0. The molecule has 2 aromatic carbocycles. The molecule has 2 atom stereocenters. The molecule has 0 bridgehead atoms. The predicted molar refractivity (Wildman–Crippen MR) is 136 cm³/mol. The first kappa shape index (κ1) is 25.0. The van der Waals surface area contributed by atoms with Crippen molar-refractivity contribution in [2.24, 2.45) is 0 Å². The lowest BCUT2D eigenvalue weighted by atomic mass is 10.1. The first-order valence-corrected chi connectivity index (χ1v) is 12.3. The zero-order chi connectivity index (χ0) is 25.1. The van der Waals surface area contributed by atoms with E-state index in [4.69, 9.17) is 23.2 Å². The van der Waals surface area contributed by atoms with Crippen molar-refractivity contribution in [2.75, 3.05) is 13.6 Å². The van der Waals surface area contributed by atoms with Crippen molar-refractivity contribution in [1.29, 1.82) is 0 Å². The number of carbonyl (C=O) groups excluding carboxylic acids is 3. The number of H-pyrrole nitrogens is 1. The van der Waals surface area contributed by atoms with Gasteiger partial charge in [-0.1, -0.05) is 23.2 Å². The Morgan fingerprint density at radius 1 is 1.20 bits per heavy atom. The Kier molecular flexibility index (Phi) is 7.62. The fourth-order valence-corrected chi connectivity index (χ4v) is 4.79. The minimum Gasteiger partial charge on any atom is -0.359 e. The molecule has 184 valence electrons. The minimum absolute atomic E-state index is 0.00150. The van der Waals surface area contributed by atoms with Crippen LogP contribution in [0.2, 0.25) is 10.0 Å². The molecular formula is C25H27Cl2N5O3. The zero-order valence-electron chi connectivity index (χ0n) is 19.5. The highest BCUT2D eigenvalue weighted by Crippen LogP contribution is 2.27. The second-order valence-corrected chi connectivity index (χ2v) is 9.52. The average molecular weight is 516 g/mol. The third-order valence-electron chi connectivity index (χ3n) is 6.30. The average Bonchev–Trinajstić information content (AvgIpc) is 3.48. The summed E-state index contributed by atoms with van der Waals surface area (Å²) < 4.78 is 0. The van der Waals surface area contributed by atoms with Crippen LogP contribution in [0.25, 0.3) is 11.0 Å². The Bertz CT molecular complexity index is 1280. The number of halogens is 2. The smallest absolute Gasteiger partial charge is 0.255 e. The maximum absolute atomic E-state index is 13.2. The number of rotatable bonds is 7. The van der Waals surface area contributed by atoms with Gasteiger partial charge in [0.15, 0.2) is 0 Å². The summed E-state index contributed by atoms with van der Waals surface area (Å²) in [6.45, 7) is 2.44. The van der Waals surface area contributed by atoms with Gasteiger partial charge in [0.05, 0.1) is 27.7 Å². The highest BCUT2D eigenvalue weighted by molar-refractivity contribution is 6.34. The van der Waals surface area contributed by atoms with Gasteiger partial charge in [-0.2, -0.15) is 0 Å². The van der Waals surface area contributed by atoms with Gasteiger partial charge >= 0.3 is 0 Å². The van der Waals surface area contributed by atoms with Crippen LogP contribution in [0.5, 0.6) is 0 Å². The molecular weight excluding hydrogens is 489 g/mol. The van der Waals surface area contributed by atoms with Crippen LogP contribution < -0.4 is 10.6 Å². The number of nitrogens with zero attached hydrogens (tertiary/aromatic N) is 2. The molecule has 3 aromatic rings. The third-order valence-corrected chi connectivity index (χ3v) is 6.85. The first-order chi connectivity index (χ1) is 16.8. The Labute approximate surface area is 213 Å². The van der Waals surface area contributed by atoms with Crippen molar-refractivity contribution in [1.82, 2.24) is 25.5 Å². The van der Waals surface area contributed by atoms with Crippen LogP contribution in [-0.4, -0.2) is 52.2 Å². The topological polar surface area (TPSA) is 107 Å². The monoisotopic (exact) mass is 515 g/mol. The molecule has 10 heteroatoms. The summed E-state index contributed by atoms with van der Waals surface area (Å²) in [4.78, 5) is 47.1. The van der Waals surface area contributed by atoms with Crippen LogP contribution >= 0.6 is 23.2 Å². The number of aromatic amines is 1. The Hall–Kier alpha value is -3.10. The van der Waals surface area contributed by atoms with Gasteiger partial charge in [0.25, 0.3) is 11.8 Å². The summed E-state index contributed by atoms with van der Waals surface area (Å²) in [6.07, 6.45) is 2.71. The molecule has 0 radical (unpaired) electrons. The fourth-order valence-electron chi connectivity index (χ4n) is 4.36. The maximum Gasteiger partial charge on any atom is 0.255 e. The van der Waals surface area contributed by atoms with E-state index in [9.17, 15) is 14.4 Å². The quantitative estimate of drug-likeness (QED) is 0.430. The standard InChI is InChI=1S/C25H27Cl2N5O3/c1-14(23-30-20-9-6-16(26)13-21(20)31-23)29-24(34)15-5-8-18(19(27)12-15)25(35)32-11-3-4-17(32)7-10-22(33)28-2/h5-6,8-9,12-14,17H,3-4,7,10-11H2,1-2H3,(H,28,33)(H,29,34)(H,30,31)/t14-,17?/m0/s1. The summed E-state index contributed by atoms with van der Waals surface area (Å²) in [6, 6.07) is 9.65. The molecule has 0 saturated carbocycles. The number of benzene rings is 2. The summed E-state index contributed by atoms with van der Waals surface area (Å²) in [7, 11) is 1.60. The van der Waals surface area contributed by atoms with Gasteiger partial charge in [-0.05, 0) is 62.6 Å². The maximum atomic E-state index is 13.2. The number of hydrogen-bond donors (Lipinski definition) is 3. The van der Waals surface area contributed by atoms with Gasteiger partial charge in [0.2, 0.25) is 5.91 Å². The Morgan fingerprint density at radius 2 is 2.00 bits per heavy atom. The number of aromatic nitrogens is 2. The highest BCUT2D eigenvalue weighted by Gasteiger charge is 2.30. The molecule has 0 aliphatic carbocycles. The van der Waals surface area contributed by atoms with Crippen LogP contribution in [0.15, 0.2) is 36.4 Å². The van der Waals surface area contributed by atoms with Gasteiger partial charge in [0, 0.05) is 36.6 Å². The number of carbonyl (C=O) groups is 3. The van der Waals surface area contributed by atoms with E-state index in [1.54, 1.807) is 36.2 Å². The lowest BCUT2D eigenvalue weighted by Gasteiger charge is -2.25. The molecule has 8 nitrogen and oxygen atoms in total. The van der Waals surface area contributed by atoms with E-state index >= 15 is 0 Å². The molecule has 1 fully saturated rings. The Morgan fingerprint density at radius 3 is 2.74 bits per heavy atom. The lowest BCUT2D eigenvalue weighted by Crippen LogP contribution is -2.36. The van der Waals surface area contributed by atoms with Crippen LogP contribution in [0.4, 0.5) is 0 Å². The number of imidazole rings is 1. The number of likely N-dealkylation sites (tertiary alicyclic amines) is 1. The molecule has 1 aliphatic rings. The van der Waals surface area contributed by atoms with Crippen LogP contribution in [0.3, 0.4) is 0 Å². The van der Waals surface area contributed by atoms with Crippen molar-refractivity contribution >= 4 is 52.0 Å². The number of nitrogens with one attached hydrogen (secondary N) is 3. The van der Waals surface area contributed by atoms with Gasteiger partial charge in [-0.15, -0.1) is 0 Å². The molecule has 35 heavy (non-hydrogen) atoms. The summed E-state index contributed by atoms with van der Waals surface area (Å²) in [5, 5.41) is 6.31. The van der Waals surface area contributed by atoms with Gasteiger partial charge in [-0.25, -0.2) is 4.98 Å². The normalized spacial score (nSPS) is 16.3. The highest BCUT2D eigenvalue weighted by atomic mass is 35.5. The van der Waals surface area contributed by atoms with Crippen LogP contribution in [0, 0.1) is 0 Å². The molecule has 1 aromatic heterocycles. The molecule has 3 N–H and O–H groups in total. The summed E-state index contributed by atoms with van der Waals surface area (Å²) in [5.41, 5.74) is 2.23. The van der Waals surface area contributed by atoms with E-state index in [-0.39, 0.29) is 34.8 Å². The van der Waals surface area contributed by atoms with Gasteiger partial charge in [-0.3, -0.25) is 14.4 Å². The largest absolute Gasteiger partial charge is 0.359 e. The molecule has 1 saturated heterocycles. The van der Waals surface area contributed by atoms with Crippen molar-refractivity contribution < 1.29 is 14.4 Å². The second kappa shape index (κ2) is 10.7. The van der Waals surface area contributed by atoms with Crippen molar-refractivity contribution in [3.8, 4) is 0 Å². The van der Waals surface area contributed by atoms with Crippen LogP contribution in [-0.2, 0) is 4.79 Å². The molecule has 3 amide bonds. The summed E-state index contributed by atoms with van der Waals surface area (Å²) >= 11 is 12.5.